The molecule has 1 saturated carbocycles. The summed E-state index contributed by atoms with van der Waals surface area (Å²) in [6, 6.07) is 2.10. The van der Waals surface area contributed by atoms with Crippen LogP contribution in [-0.4, -0.2) is 47.8 Å². The molecule has 1 aromatic heterocycles. The zero-order valence-electron chi connectivity index (χ0n) is 12.4. The van der Waals surface area contributed by atoms with Gasteiger partial charge in [-0.2, -0.15) is 0 Å². The van der Waals surface area contributed by atoms with Gasteiger partial charge in [0.15, 0.2) is 0 Å². The minimum absolute atomic E-state index is 0.109. The largest absolute Gasteiger partial charge is 0.379 e. The lowest BCUT2D eigenvalue weighted by molar-refractivity contribution is -0.0305. The highest BCUT2D eigenvalue weighted by Gasteiger charge is 2.44. The van der Waals surface area contributed by atoms with E-state index in [4.69, 9.17) is 22.1 Å². The van der Waals surface area contributed by atoms with Crippen LogP contribution >= 0.6 is 11.6 Å². The number of pyridine rings is 1. The van der Waals surface area contributed by atoms with E-state index < -0.39 is 0 Å². The van der Waals surface area contributed by atoms with Gasteiger partial charge < -0.3 is 10.5 Å². The number of ether oxygens (including phenoxy) is 1. The molecule has 0 aromatic carbocycles. The van der Waals surface area contributed by atoms with E-state index in [-0.39, 0.29) is 11.6 Å². The minimum Gasteiger partial charge on any atom is -0.379 e. The molecule has 5 heteroatoms. The van der Waals surface area contributed by atoms with Crippen molar-refractivity contribution in [2.75, 3.05) is 26.3 Å². The van der Waals surface area contributed by atoms with Gasteiger partial charge in [0.1, 0.15) is 0 Å². The molecule has 2 fully saturated rings. The van der Waals surface area contributed by atoms with Gasteiger partial charge in [0.2, 0.25) is 0 Å². The molecule has 0 bridgehead atoms. The third-order valence-electron chi connectivity index (χ3n) is 5.10. The van der Waals surface area contributed by atoms with Crippen molar-refractivity contribution in [3.05, 3.63) is 29.0 Å². The van der Waals surface area contributed by atoms with Gasteiger partial charge >= 0.3 is 0 Å². The molecule has 1 aliphatic heterocycles. The number of halogens is 1. The number of aromatic nitrogens is 1. The number of morpholine rings is 1. The lowest BCUT2D eigenvalue weighted by Gasteiger charge is -2.47. The van der Waals surface area contributed by atoms with Crippen LogP contribution in [0, 0.1) is 0 Å². The molecule has 0 spiro atoms. The van der Waals surface area contributed by atoms with Gasteiger partial charge in [0.05, 0.1) is 18.2 Å². The summed E-state index contributed by atoms with van der Waals surface area (Å²) in [7, 11) is 0. The van der Waals surface area contributed by atoms with Gasteiger partial charge in [-0.3, -0.25) is 9.88 Å². The average Bonchev–Trinajstić information content (AvgIpc) is 3.01. The van der Waals surface area contributed by atoms with Crippen molar-refractivity contribution in [1.29, 1.82) is 0 Å². The highest BCUT2D eigenvalue weighted by Crippen LogP contribution is 2.39. The second-order valence-corrected chi connectivity index (χ2v) is 6.60. The average molecular weight is 310 g/mol. The van der Waals surface area contributed by atoms with Gasteiger partial charge in [-0.1, -0.05) is 24.4 Å². The molecule has 1 aliphatic carbocycles. The standard InChI is InChI=1S/C16H24ClN3O/c17-14-12-19-6-3-13(14)11-15(18)16(4-1-2-5-16)20-7-9-21-10-8-20/h3,6,12,15H,1-2,4-5,7-11,18H2. The molecule has 1 aromatic rings. The van der Waals surface area contributed by atoms with Gasteiger partial charge in [0, 0.05) is 37.1 Å². The Bertz CT molecular complexity index is 470. The molecular weight excluding hydrogens is 286 g/mol. The third kappa shape index (κ3) is 3.09. The Morgan fingerprint density at radius 1 is 1.33 bits per heavy atom. The normalized spacial score (nSPS) is 24.1. The van der Waals surface area contributed by atoms with E-state index in [1.807, 2.05) is 6.07 Å². The molecule has 1 unspecified atom stereocenters. The summed E-state index contributed by atoms with van der Waals surface area (Å²) in [4.78, 5) is 6.63. The maximum absolute atomic E-state index is 6.68. The van der Waals surface area contributed by atoms with E-state index in [9.17, 15) is 0 Å². The van der Waals surface area contributed by atoms with Crippen LogP contribution in [-0.2, 0) is 11.2 Å². The molecule has 2 N–H and O–H groups in total. The first-order valence-electron chi connectivity index (χ1n) is 7.89. The fourth-order valence-electron chi connectivity index (χ4n) is 3.91. The first-order valence-corrected chi connectivity index (χ1v) is 8.27. The zero-order valence-corrected chi connectivity index (χ0v) is 13.2. The number of hydrogen-bond acceptors (Lipinski definition) is 4. The van der Waals surface area contributed by atoms with Crippen LogP contribution < -0.4 is 5.73 Å². The molecule has 1 saturated heterocycles. The predicted octanol–water partition coefficient (Wildman–Crippen LogP) is 2.25. The number of nitrogens with two attached hydrogens (primary N) is 1. The molecule has 2 heterocycles. The van der Waals surface area contributed by atoms with Gasteiger partial charge in [-0.15, -0.1) is 0 Å². The van der Waals surface area contributed by atoms with Crippen LogP contribution in [0.1, 0.15) is 31.2 Å². The van der Waals surface area contributed by atoms with Crippen LogP contribution in [0.25, 0.3) is 0 Å². The summed E-state index contributed by atoms with van der Waals surface area (Å²) in [5, 5.41) is 0.725. The van der Waals surface area contributed by atoms with Gasteiger partial charge in [0.25, 0.3) is 0 Å². The summed E-state index contributed by atoms with van der Waals surface area (Å²) in [5.74, 6) is 0. The van der Waals surface area contributed by atoms with Crippen molar-refractivity contribution in [1.82, 2.24) is 9.88 Å². The Balaban J connectivity index is 1.78. The van der Waals surface area contributed by atoms with Crippen molar-refractivity contribution < 1.29 is 4.74 Å². The number of rotatable bonds is 4. The minimum atomic E-state index is 0.109. The quantitative estimate of drug-likeness (QED) is 0.927. The fraction of sp³-hybridized carbons (Fsp3) is 0.688. The predicted molar refractivity (Wildman–Crippen MR) is 84.5 cm³/mol. The molecule has 0 radical (unpaired) electrons. The number of hydrogen-bond donors (Lipinski definition) is 1. The Kier molecular flexibility index (Phi) is 4.79. The Labute approximate surface area is 131 Å². The first kappa shape index (κ1) is 15.2. The van der Waals surface area contributed by atoms with Crippen LogP contribution in [0.4, 0.5) is 0 Å². The zero-order chi connectivity index (χ0) is 14.7. The van der Waals surface area contributed by atoms with Crippen molar-refractivity contribution in [2.24, 2.45) is 5.73 Å². The van der Waals surface area contributed by atoms with E-state index in [1.54, 1.807) is 12.4 Å². The van der Waals surface area contributed by atoms with E-state index in [1.165, 1.54) is 25.7 Å². The van der Waals surface area contributed by atoms with E-state index in [0.29, 0.717) is 0 Å². The van der Waals surface area contributed by atoms with Crippen LogP contribution in [0.2, 0.25) is 5.02 Å². The molecule has 116 valence electrons. The van der Waals surface area contributed by atoms with Crippen LogP contribution in [0.15, 0.2) is 18.5 Å². The summed E-state index contributed by atoms with van der Waals surface area (Å²) in [6.45, 7) is 3.64. The van der Waals surface area contributed by atoms with E-state index in [2.05, 4.69) is 9.88 Å². The monoisotopic (exact) mass is 309 g/mol. The molecule has 0 amide bonds. The second-order valence-electron chi connectivity index (χ2n) is 6.19. The molecule has 2 aliphatic rings. The first-order chi connectivity index (χ1) is 10.2. The lowest BCUT2D eigenvalue weighted by Crippen LogP contribution is -2.61. The van der Waals surface area contributed by atoms with Crippen molar-refractivity contribution in [3.63, 3.8) is 0 Å². The SMILES string of the molecule is NC(Cc1ccncc1Cl)C1(N2CCOCC2)CCCC1. The summed E-state index contributed by atoms with van der Waals surface area (Å²) < 4.78 is 5.51. The van der Waals surface area contributed by atoms with Crippen molar-refractivity contribution >= 4 is 11.6 Å². The second kappa shape index (κ2) is 6.61. The summed E-state index contributed by atoms with van der Waals surface area (Å²) in [6.07, 6.45) is 9.25. The van der Waals surface area contributed by atoms with Crippen LogP contribution in [0.3, 0.4) is 0 Å². The smallest absolute Gasteiger partial charge is 0.0621 e. The molecule has 1 atom stereocenters. The highest BCUT2D eigenvalue weighted by atomic mass is 35.5. The highest BCUT2D eigenvalue weighted by molar-refractivity contribution is 6.31. The third-order valence-corrected chi connectivity index (χ3v) is 5.44. The maximum Gasteiger partial charge on any atom is 0.0621 e. The molecule has 3 rings (SSSR count). The Morgan fingerprint density at radius 2 is 2.05 bits per heavy atom. The summed E-state index contributed by atoms with van der Waals surface area (Å²) in [5.41, 5.74) is 7.92. The number of nitrogens with zero attached hydrogens (tertiary/aromatic N) is 2. The van der Waals surface area contributed by atoms with E-state index >= 15 is 0 Å². The van der Waals surface area contributed by atoms with Crippen molar-refractivity contribution in [2.45, 2.75) is 43.7 Å². The summed E-state index contributed by atoms with van der Waals surface area (Å²) >= 11 is 6.25. The van der Waals surface area contributed by atoms with Crippen molar-refractivity contribution in [3.8, 4) is 0 Å². The van der Waals surface area contributed by atoms with Gasteiger partial charge in [-0.25, -0.2) is 0 Å². The van der Waals surface area contributed by atoms with E-state index in [0.717, 1.165) is 43.3 Å². The fourth-order valence-corrected chi connectivity index (χ4v) is 4.11. The molecule has 4 nitrogen and oxygen atoms in total. The Hall–Kier alpha value is -0.680. The van der Waals surface area contributed by atoms with Crippen LogP contribution in [0.5, 0.6) is 0 Å². The topological polar surface area (TPSA) is 51.4 Å². The molecular formula is C16H24ClN3O. The maximum atomic E-state index is 6.68. The lowest BCUT2D eigenvalue weighted by atomic mass is 9.83. The molecule has 21 heavy (non-hydrogen) atoms. The Morgan fingerprint density at radius 3 is 2.71 bits per heavy atom. The van der Waals surface area contributed by atoms with Gasteiger partial charge in [-0.05, 0) is 30.9 Å².